The summed E-state index contributed by atoms with van der Waals surface area (Å²) < 4.78 is 15.1. The zero-order valence-electron chi connectivity index (χ0n) is 26.8. The van der Waals surface area contributed by atoms with Crippen molar-refractivity contribution >= 4 is 55.2 Å². The van der Waals surface area contributed by atoms with Gasteiger partial charge in [-0.3, -0.25) is 4.57 Å². The highest BCUT2D eigenvalue weighted by atomic mass is 16.4. The lowest BCUT2D eigenvalue weighted by molar-refractivity contribution is 0.631. The Kier molecular flexibility index (Phi) is 6.13. The second-order valence-corrected chi connectivity index (χ2v) is 13.0. The largest absolute Gasteiger partial charge is 0.438 e. The summed E-state index contributed by atoms with van der Waals surface area (Å²) in [7, 11) is 0. The van der Waals surface area contributed by atoms with Crippen LogP contribution >= 0.6 is 0 Å². The van der Waals surface area contributed by atoms with Crippen molar-refractivity contribution in [3.8, 4) is 28.2 Å². The lowest BCUT2D eigenvalue weighted by Crippen LogP contribution is -2.09. The number of pyridine rings is 1. The molecule has 9 aromatic rings. The van der Waals surface area contributed by atoms with Gasteiger partial charge in [0.05, 0.1) is 22.3 Å². The van der Waals surface area contributed by atoms with Gasteiger partial charge in [-0.05, 0) is 76.6 Å². The first kappa shape index (κ1) is 27.6. The molecule has 0 unspecified atom stereocenters. The van der Waals surface area contributed by atoms with Crippen molar-refractivity contribution in [3.63, 3.8) is 0 Å². The monoisotopic (exact) mass is 611 g/mol. The van der Waals surface area contributed by atoms with E-state index < -0.39 is 0 Å². The van der Waals surface area contributed by atoms with Gasteiger partial charge in [-0.2, -0.15) is 4.98 Å². The first-order chi connectivity index (χ1) is 23.0. The summed E-state index contributed by atoms with van der Waals surface area (Å²) in [4.78, 5) is 10.2. The Hall–Kier alpha value is -5.68. The van der Waals surface area contributed by atoms with Crippen LogP contribution in [0.25, 0.3) is 83.4 Å². The molecule has 0 saturated carbocycles. The zero-order valence-corrected chi connectivity index (χ0v) is 26.8. The Bertz CT molecular complexity index is 2610. The second-order valence-electron chi connectivity index (χ2n) is 13.0. The Labute approximate surface area is 272 Å². The number of imidazole rings is 1. The van der Waals surface area contributed by atoms with Crippen LogP contribution in [0.15, 0.2) is 124 Å². The van der Waals surface area contributed by atoms with Crippen molar-refractivity contribution < 1.29 is 8.83 Å². The highest BCUT2D eigenvalue weighted by Gasteiger charge is 2.26. The maximum absolute atomic E-state index is 6.64. The third-order valence-electron chi connectivity index (χ3n) is 9.39. The molecule has 0 fully saturated rings. The molecule has 4 aromatic heterocycles. The predicted octanol–water partition coefficient (Wildman–Crippen LogP) is 11.8. The van der Waals surface area contributed by atoms with Crippen LogP contribution in [0.2, 0.25) is 0 Å². The molecule has 0 bridgehead atoms. The average molecular weight is 612 g/mol. The summed E-state index contributed by atoms with van der Waals surface area (Å²) in [5.41, 5.74) is 11.9. The molecule has 9 rings (SSSR count). The van der Waals surface area contributed by atoms with E-state index in [1.807, 2.05) is 18.2 Å². The van der Waals surface area contributed by atoms with Crippen molar-refractivity contribution in [1.82, 2.24) is 14.5 Å². The first-order valence-corrected chi connectivity index (χ1v) is 16.3. The van der Waals surface area contributed by atoms with Gasteiger partial charge < -0.3 is 8.83 Å². The Morgan fingerprint density at radius 3 is 2.00 bits per heavy atom. The summed E-state index contributed by atoms with van der Waals surface area (Å²) in [6, 6.07) is 40.4. The van der Waals surface area contributed by atoms with Crippen molar-refractivity contribution in [3.05, 3.63) is 126 Å². The van der Waals surface area contributed by atoms with Crippen LogP contribution in [0, 0.1) is 0 Å². The van der Waals surface area contributed by atoms with E-state index in [-0.39, 0.29) is 11.8 Å². The van der Waals surface area contributed by atoms with Gasteiger partial charge in [0.15, 0.2) is 0 Å². The minimum absolute atomic E-state index is 0.275. The fourth-order valence-electron chi connectivity index (χ4n) is 7.08. The molecule has 5 heteroatoms. The van der Waals surface area contributed by atoms with E-state index in [4.69, 9.17) is 18.8 Å². The van der Waals surface area contributed by atoms with Crippen LogP contribution in [-0.2, 0) is 0 Å². The maximum Gasteiger partial charge on any atom is 0.230 e. The number of para-hydroxylation sites is 4. The molecule has 0 aliphatic rings. The summed E-state index contributed by atoms with van der Waals surface area (Å²) in [5, 5.41) is 3.99. The van der Waals surface area contributed by atoms with Crippen molar-refractivity contribution in [2.24, 2.45) is 0 Å². The average Bonchev–Trinajstić information content (AvgIpc) is 3.77. The molecular weight excluding hydrogens is 578 g/mol. The minimum atomic E-state index is 0.275. The molecule has 0 saturated heterocycles. The first-order valence-electron chi connectivity index (χ1n) is 16.3. The van der Waals surface area contributed by atoms with Crippen LogP contribution in [0.1, 0.15) is 50.7 Å². The zero-order chi connectivity index (χ0) is 31.8. The van der Waals surface area contributed by atoms with E-state index in [1.54, 1.807) is 0 Å². The Morgan fingerprint density at radius 2 is 1.21 bits per heavy atom. The van der Waals surface area contributed by atoms with Crippen LogP contribution < -0.4 is 0 Å². The molecule has 0 amide bonds. The van der Waals surface area contributed by atoms with E-state index in [9.17, 15) is 0 Å². The smallest absolute Gasteiger partial charge is 0.230 e. The summed E-state index contributed by atoms with van der Waals surface area (Å²) in [5.74, 6) is 1.40. The van der Waals surface area contributed by atoms with Crippen LogP contribution in [0.5, 0.6) is 0 Å². The molecule has 0 spiro atoms. The molecule has 0 aliphatic carbocycles. The maximum atomic E-state index is 6.64. The van der Waals surface area contributed by atoms with Crippen molar-refractivity contribution in [1.29, 1.82) is 0 Å². The summed E-state index contributed by atoms with van der Waals surface area (Å²) in [6.07, 6.45) is 0. The molecule has 0 radical (unpaired) electrons. The highest BCUT2D eigenvalue weighted by molar-refractivity contribution is 6.14. The fourth-order valence-corrected chi connectivity index (χ4v) is 7.08. The molecular formula is C42H33N3O2. The topological polar surface area (TPSA) is 57.0 Å². The highest BCUT2D eigenvalue weighted by Crippen LogP contribution is 2.43. The lowest BCUT2D eigenvalue weighted by atomic mass is 9.88. The Morgan fingerprint density at radius 1 is 0.553 bits per heavy atom. The number of aromatic nitrogens is 3. The molecule has 5 nitrogen and oxygen atoms in total. The van der Waals surface area contributed by atoms with Crippen LogP contribution in [0.4, 0.5) is 0 Å². The fraction of sp³-hybridized carbons (Fsp3) is 0.143. The third kappa shape index (κ3) is 4.23. The Balaban J connectivity index is 1.35. The van der Waals surface area contributed by atoms with Gasteiger partial charge in [0.2, 0.25) is 11.4 Å². The number of fused-ring (bicyclic) bond motifs is 7. The predicted molar refractivity (Wildman–Crippen MR) is 192 cm³/mol. The SMILES string of the molecule is CC(C)c1cc(-c2ccccc2)cc(C(C)C)c1-n1c(-c2cccc3c2oc2nc4oc5ccccc5c4cc23)nc2ccccc21. The third-order valence-corrected chi connectivity index (χ3v) is 9.39. The van der Waals surface area contributed by atoms with E-state index in [2.05, 4.69) is 129 Å². The molecule has 4 heterocycles. The molecule has 0 N–H and O–H groups in total. The van der Waals surface area contributed by atoms with E-state index in [0.717, 1.165) is 55.1 Å². The van der Waals surface area contributed by atoms with Gasteiger partial charge in [-0.25, -0.2) is 4.98 Å². The number of rotatable bonds is 5. The van der Waals surface area contributed by atoms with E-state index in [1.165, 1.54) is 27.9 Å². The lowest BCUT2D eigenvalue weighted by Gasteiger charge is -2.24. The quantitative estimate of drug-likeness (QED) is 0.194. The van der Waals surface area contributed by atoms with E-state index >= 15 is 0 Å². The van der Waals surface area contributed by atoms with Gasteiger partial charge in [-0.15, -0.1) is 0 Å². The van der Waals surface area contributed by atoms with Gasteiger partial charge in [0.1, 0.15) is 17.0 Å². The van der Waals surface area contributed by atoms with Gasteiger partial charge in [0.25, 0.3) is 0 Å². The molecule has 5 aromatic carbocycles. The normalized spacial score (nSPS) is 12.2. The standard InChI is InChI=1S/C42H33N3O2/c1-24(2)31-21-27(26-13-6-5-7-14-26)22-32(25(3)4)38(31)45-36-19-10-9-18-35(36)43-40(45)30-17-12-16-29-34-23-33-28-15-8-11-20-37(28)46-41(33)44-42(34)47-39(29)30/h5-25H,1-4H3. The van der Waals surface area contributed by atoms with Crippen molar-refractivity contribution in [2.45, 2.75) is 39.5 Å². The number of benzene rings is 5. The number of furan rings is 2. The number of hydrogen-bond acceptors (Lipinski definition) is 4. The number of hydrogen-bond donors (Lipinski definition) is 0. The van der Waals surface area contributed by atoms with Gasteiger partial charge in [0, 0.05) is 21.5 Å². The van der Waals surface area contributed by atoms with E-state index in [0.29, 0.717) is 11.4 Å². The molecule has 47 heavy (non-hydrogen) atoms. The molecule has 0 aliphatic heterocycles. The molecule has 0 atom stereocenters. The molecule has 228 valence electrons. The summed E-state index contributed by atoms with van der Waals surface area (Å²) in [6.45, 7) is 9.12. The number of nitrogens with zero attached hydrogens (tertiary/aromatic N) is 3. The van der Waals surface area contributed by atoms with Crippen LogP contribution in [-0.4, -0.2) is 14.5 Å². The second kappa shape index (κ2) is 10.4. The van der Waals surface area contributed by atoms with Crippen LogP contribution in [0.3, 0.4) is 0 Å². The van der Waals surface area contributed by atoms with Gasteiger partial charge >= 0.3 is 0 Å². The van der Waals surface area contributed by atoms with Gasteiger partial charge in [-0.1, -0.05) is 100 Å². The minimum Gasteiger partial charge on any atom is -0.438 e. The summed E-state index contributed by atoms with van der Waals surface area (Å²) >= 11 is 0. The van der Waals surface area contributed by atoms with Crippen molar-refractivity contribution in [2.75, 3.05) is 0 Å².